The predicted molar refractivity (Wildman–Crippen MR) is 91.9 cm³/mol. The first kappa shape index (κ1) is 16.1. The number of rotatable bonds is 3. The molecule has 2 atom stereocenters. The Balaban J connectivity index is 1.48. The van der Waals surface area contributed by atoms with Crippen LogP contribution >= 0.6 is 0 Å². The Morgan fingerprint density at radius 1 is 1.24 bits per heavy atom. The fourth-order valence-electron chi connectivity index (χ4n) is 3.96. The second-order valence-electron chi connectivity index (χ2n) is 6.90. The molecule has 0 bridgehead atoms. The highest BCUT2D eigenvalue weighted by molar-refractivity contribution is 5.80. The van der Waals surface area contributed by atoms with Crippen molar-refractivity contribution in [1.29, 1.82) is 0 Å². The molecule has 2 saturated heterocycles. The molecule has 4 rings (SSSR count). The van der Waals surface area contributed by atoms with Gasteiger partial charge in [-0.15, -0.1) is 0 Å². The van der Waals surface area contributed by atoms with E-state index in [1.807, 2.05) is 17.9 Å². The topological polar surface area (TPSA) is 75.4 Å². The standard InChI is InChI=1S/C18H23N5O2/c1-13-10-15(21-25-13)16-5-3-9-23(16)18(24)14-4-2-8-22(12-14)17-11-19-6-7-20-17/h6-7,10-11,14,16H,2-5,8-9,12H2,1H3/t14-,16+/m1/s1. The molecule has 0 radical (unpaired) electrons. The van der Waals surface area contributed by atoms with Crippen LogP contribution in [0.2, 0.25) is 0 Å². The van der Waals surface area contributed by atoms with E-state index in [1.54, 1.807) is 18.6 Å². The van der Waals surface area contributed by atoms with E-state index in [1.165, 1.54) is 0 Å². The van der Waals surface area contributed by atoms with Gasteiger partial charge < -0.3 is 14.3 Å². The zero-order valence-corrected chi connectivity index (χ0v) is 14.5. The number of aromatic nitrogens is 3. The lowest BCUT2D eigenvalue weighted by molar-refractivity contribution is -0.136. The largest absolute Gasteiger partial charge is 0.361 e. The monoisotopic (exact) mass is 341 g/mol. The summed E-state index contributed by atoms with van der Waals surface area (Å²) in [6.07, 6.45) is 9.03. The van der Waals surface area contributed by atoms with Crippen LogP contribution < -0.4 is 4.90 Å². The van der Waals surface area contributed by atoms with E-state index in [9.17, 15) is 4.79 Å². The molecule has 4 heterocycles. The molecule has 2 aromatic heterocycles. The summed E-state index contributed by atoms with van der Waals surface area (Å²) >= 11 is 0. The normalized spacial score (nSPS) is 23.9. The number of aryl methyl sites for hydroxylation is 1. The van der Waals surface area contributed by atoms with Crippen molar-refractivity contribution in [2.45, 2.75) is 38.6 Å². The Morgan fingerprint density at radius 3 is 2.88 bits per heavy atom. The van der Waals surface area contributed by atoms with Crippen LogP contribution in [0.3, 0.4) is 0 Å². The van der Waals surface area contributed by atoms with Crippen molar-refractivity contribution in [3.63, 3.8) is 0 Å². The first-order valence-corrected chi connectivity index (χ1v) is 8.97. The van der Waals surface area contributed by atoms with Gasteiger partial charge in [0.2, 0.25) is 5.91 Å². The number of amides is 1. The molecular formula is C18H23N5O2. The number of carbonyl (C=O) groups excluding carboxylic acids is 1. The molecule has 2 aliphatic heterocycles. The third-order valence-corrected chi connectivity index (χ3v) is 5.17. The lowest BCUT2D eigenvalue weighted by Crippen LogP contribution is -2.45. The Kier molecular flexibility index (Phi) is 4.38. The van der Waals surface area contributed by atoms with E-state index in [4.69, 9.17) is 4.52 Å². The minimum absolute atomic E-state index is 0.00403. The molecule has 0 aliphatic carbocycles. The third kappa shape index (κ3) is 3.23. The molecule has 2 aliphatic rings. The lowest BCUT2D eigenvalue weighted by Gasteiger charge is -2.35. The number of carbonyl (C=O) groups is 1. The van der Waals surface area contributed by atoms with Gasteiger partial charge in [0.15, 0.2) is 0 Å². The highest BCUT2D eigenvalue weighted by Gasteiger charge is 2.37. The Morgan fingerprint density at radius 2 is 2.12 bits per heavy atom. The summed E-state index contributed by atoms with van der Waals surface area (Å²) in [7, 11) is 0. The van der Waals surface area contributed by atoms with Crippen LogP contribution in [-0.4, -0.2) is 45.6 Å². The summed E-state index contributed by atoms with van der Waals surface area (Å²) in [4.78, 5) is 25.9. The van der Waals surface area contributed by atoms with Gasteiger partial charge in [-0.05, 0) is 32.6 Å². The average molecular weight is 341 g/mol. The molecular weight excluding hydrogens is 318 g/mol. The van der Waals surface area contributed by atoms with E-state index >= 15 is 0 Å². The van der Waals surface area contributed by atoms with Crippen molar-refractivity contribution in [3.8, 4) is 0 Å². The van der Waals surface area contributed by atoms with Crippen molar-refractivity contribution >= 4 is 11.7 Å². The molecule has 0 spiro atoms. The maximum absolute atomic E-state index is 13.2. The van der Waals surface area contributed by atoms with E-state index < -0.39 is 0 Å². The number of hydrogen-bond acceptors (Lipinski definition) is 6. The Hall–Kier alpha value is -2.44. The predicted octanol–water partition coefficient (Wildman–Crippen LogP) is 2.35. The summed E-state index contributed by atoms with van der Waals surface area (Å²) in [5.41, 5.74) is 0.880. The van der Waals surface area contributed by atoms with E-state index in [-0.39, 0.29) is 17.9 Å². The summed E-state index contributed by atoms with van der Waals surface area (Å²) in [6.45, 7) is 4.32. The molecule has 7 nitrogen and oxygen atoms in total. The first-order valence-electron chi connectivity index (χ1n) is 8.97. The maximum Gasteiger partial charge on any atom is 0.228 e. The third-order valence-electron chi connectivity index (χ3n) is 5.17. The molecule has 132 valence electrons. The van der Waals surface area contributed by atoms with E-state index in [0.717, 1.165) is 56.0 Å². The van der Waals surface area contributed by atoms with Gasteiger partial charge in [0.05, 0.1) is 18.2 Å². The number of hydrogen-bond donors (Lipinski definition) is 0. The van der Waals surface area contributed by atoms with Crippen molar-refractivity contribution in [1.82, 2.24) is 20.0 Å². The first-order chi connectivity index (χ1) is 12.2. The summed E-state index contributed by atoms with van der Waals surface area (Å²) in [5.74, 6) is 1.88. The fraction of sp³-hybridized carbons (Fsp3) is 0.556. The average Bonchev–Trinajstić information content (AvgIpc) is 3.30. The lowest BCUT2D eigenvalue weighted by atomic mass is 9.96. The molecule has 0 saturated carbocycles. The van der Waals surface area contributed by atoms with E-state index in [0.29, 0.717) is 6.54 Å². The number of nitrogens with zero attached hydrogens (tertiary/aromatic N) is 5. The van der Waals surface area contributed by atoms with Crippen molar-refractivity contribution in [2.75, 3.05) is 24.5 Å². The molecule has 0 N–H and O–H groups in total. The number of anilines is 1. The summed E-state index contributed by atoms with van der Waals surface area (Å²) in [6, 6.07) is 2.00. The second-order valence-corrected chi connectivity index (χ2v) is 6.90. The summed E-state index contributed by atoms with van der Waals surface area (Å²) in [5, 5.41) is 4.14. The van der Waals surface area contributed by atoms with Crippen LogP contribution in [0.15, 0.2) is 29.2 Å². The molecule has 25 heavy (non-hydrogen) atoms. The molecule has 7 heteroatoms. The summed E-state index contributed by atoms with van der Waals surface area (Å²) < 4.78 is 5.21. The van der Waals surface area contributed by atoms with Crippen LogP contribution in [0.5, 0.6) is 0 Å². The van der Waals surface area contributed by atoms with Crippen LogP contribution in [0.25, 0.3) is 0 Å². The zero-order valence-electron chi connectivity index (χ0n) is 14.5. The minimum Gasteiger partial charge on any atom is -0.361 e. The van der Waals surface area contributed by atoms with Crippen LogP contribution in [0.4, 0.5) is 5.82 Å². The molecule has 2 fully saturated rings. The highest BCUT2D eigenvalue weighted by atomic mass is 16.5. The quantitative estimate of drug-likeness (QED) is 0.853. The van der Waals surface area contributed by atoms with Crippen LogP contribution in [-0.2, 0) is 4.79 Å². The zero-order chi connectivity index (χ0) is 17.2. The van der Waals surface area contributed by atoms with Crippen LogP contribution in [0.1, 0.15) is 43.2 Å². The number of piperidine rings is 1. The van der Waals surface area contributed by atoms with Crippen molar-refractivity contribution < 1.29 is 9.32 Å². The van der Waals surface area contributed by atoms with E-state index in [2.05, 4.69) is 20.0 Å². The molecule has 1 amide bonds. The molecule has 2 aromatic rings. The van der Waals surface area contributed by atoms with Gasteiger partial charge in [0.25, 0.3) is 0 Å². The smallest absolute Gasteiger partial charge is 0.228 e. The van der Waals surface area contributed by atoms with Gasteiger partial charge in [0.1, 0.15) is 17.3 Å². The van der Waals surface area contributed by atoms with Crippen molar-refractivity contribution in [3.05, 3.63) is 36.1 Å². The van der Waals surface area contributed by atoms with Crippen molar-refractivity contribution in [2.24, 2.45) is 5.92 Å². The number of likely N-dealkylation sites (tertiary alicyclic amines) is 1. The SMILES string of the molecule is Cc1cc([C@@H]2CCCN2C(=O)[C@@H]2CCCN(c3cnccn3)C2)no1. The highest BCUT2D eigenvalue weighted by Crippen LogP contribution is 2.34. The van der Waals surface area contributed by atoms with Gasteiger partial charge >= 0.3 is 0 Å². The van der Waals surface area contributed by atoms with Gasteiger partial charge in [-0.1, -0.05) is 5.16 Å². The van der Waals surface area contributed by atoms with Gasteiger partial charge in [-0.2, -0.15) is 0 Å². The van der Waals surface area contributed by atoms with Gasteiger partial charge in [0, 0.05) is 38.1 Å². The van der Waals surface area contributed by atoms with Crippen LogP contribution in [0, 0.1) is 12.8 Å². The Labute approximate surface area is 147 Å². The maximum atomic E-state index is 13.2. The van der Waals surface area contributed by atoms with Gasteiger partial charge in [-0.25, -0.2) is 4.98 Å². The minimum atomic E-state index is 0.00403. The molecule has 0 aromatic carbocycles. The fourth-order valence-corrected chi connectivity index (χ4v) is 3.96. The molecule has 0 unspecified atom stereocenters. The van der Waals surface area contributed by atoms with Gasteiger partial charge in [-0.3, -0.25) is 9.78 Å². The Bertz CT molecular complexity index is 732. The second kappa shape index (κ2) is 6.82.